The maximum absolute atomic E-state index is 12.7. The van der Waals surface area contributed by atoms with Gasteiger partial charge in [-0.15, -0.1) is 0 Å². The third-order valence-corrected chi connectivity index (χ3v) is 5.04. The standard InChI is InChI=1S/C17H21N3O2S/c1-10-3-6-12(7-4-10)20(2)16(22)11-5-8-13-14(9-11)18-17(23)19-15(13)21/h5,8-10,12H,3-4,6-7H2,1-2H3,(H2,18,19,21,23). The van der Waals surface area contributed by atoms with Gasteiger partial charge in [0.05, 0.1) is 10.9 Å². The molecule has 1 saturated carbocycles. The van der Waals surface area contributed by atoms with Crippen LogP contribution in [0.3, 0.4) is 0 Å². The molecule has 0 unspecified atom stereocenters. The van der Waals surface area contributed by atoms with Gasteiger partial charge in [-0.3, -0.25) is 14.6 Å². The van der Waals surface area contributed by atoms with E-state index in [9.17, 15) is 9.59 Å². The Balaban J connectivity index is 1.88. The Kier molecular flexibility index (Phi) is 4.35. The van der Waals surface area contributed by atoms with Crippen LogP contribution in [-0.2, 0) is 0 Å². The summed E-state index contributed by atoms with van der Waals surface area (Å²) in [6.45, 7) is 2.27. The molecule has 0 aliphatic heterocycles. The largest absolute Gasteiger partial charge is 0.339 e. The van der Waals surface area contributed by atoms with Gasteiger partial charge in [-0.1, -0.05) is 6.92 Å². The summed E-state index contributed by atoms with van der Waals surface area (Å²) in [6.07, 6.45) is 4.45. The highest BCUT2D eigenvalue weighted by Crippen LogP contribution is 2.27. The minimum atomic E-state index is -0.239. The first-order chi connectivity index (χ1) is 11.0. The summed E-state index contributed by atoms with van der Waals surface area (Å²) in [6, 6.07) is 5.39. The molecule has 2 N–H and O–H groups in total. The molecule has 1 aliphatic carbocycles. The lowest BCUT2D eigenvalue weighted by Gasteiger charge is -2.33. The summed E-state index contributed by atoms with van der Waals surface area (Å²) in [5.74, 6) is 0.744. The molecule has 1 aliphatic rings. The Morgan fingerprint density at radius 2 is 1.91 bits per heavy atom. The van der Waals surface area contributed by atoms with Gasteiger partial charge >= 0.3 is 0 Å². The fourth-order valence-corrected chi connectivity index (χ4v) is 3.50. The third kappa shape index (κ3) is 3.22. The normalized spacial score (nSPS) is 21.3. The van der Waals surface area contributed by atoms with E-state index in [2.05, 4.69) is 16.9 Å². The first-order valence-corrected chi connectivity index (χ1v) is 8.40. The topological polar surface area (TPSA) is 69.0 Å². The number of carbonyl (C=O) groups is 1. The molecule has 0 saturated heterocycles. The number of amides is 1. The van der Waals surface area contributed by atoms with E-state index in [1.165, 1.54) is 12.8 Å². The molecule has 0 bridgehead atoms. The smallest absolute Gasteiger partial charge is 0.259 e. The second kappa shape index (κ2) is 6.28. The predicted octanol–water partition coefficient (Wildman–Crippen LogP) is 3.24. The van der Waals surface area contributed by atoms with Crippen molar-refractivity contribution in [2.45, 2.75) is 38.6 Å². The number of hydrogen-bond donors (Lipinski definition) is 2. The van der Waals surface area contributed by atoms with Crippen molar-refractivity contribution in [1.82, 2.24) is 14.9 Å². The fraction of sp³-hybridized carbons (Fsp3) is 0.471. The van der Waals surface area contributed by atoms with Gasteiger partial charge in [-0.25, -0.2) is 0 Å². The van der Waals surface area contributed by atoms with Crippen molar-refractivity contribution in [3.05, 3.63) is 38.9 Å². The van der Waals surface area contributed by atoms with Crippen LogP contribution in [0.15, 0.2) is 23.0 Å². The van der Waals surface area contributed by atoms with Crippen LogP contribution in [0.1, 0.15) is 43.0 Å². The first kappa shape index (κ1) is 15.9. The van der Waals surface area contributed by atoms with Gasteiger partial charge in [-0.2, -0.15) is 0 Å². The zero-order chi connectivity index (χ0) is 16.6. The van der Waals surface area contributed by atoms with Crippen molar-refractivity contribution < 1.29 is 4.79 Å². The quantitative estimate of drug-likeness (QED) is 0.830. The van der Waals surface area contributed by atoms with E-state index in [0.717, 1.165) is 18.8 Å². The molecule has 1 amide bonds. The highest BCUT2D eigenvalue weighted by molar-refractivity contribution is 7.71. The van der Waals surface area contributed by atoms with Gasteiger partial charge in [0.15, 0.2) is 4.77 Å². The van der Waals surface area contributed by atoms with Crippen LogP contribution in [-0.4, -0.2) is 33.9 Å². The minimum absolute atomic E-state index is 0.00828. The number of nitrogens with zero attached hydrogens (tertiary/aromatic N) is 1. The van der Waals surface area contributed by atoms with Crippen LogP contribution in [0.25, 0.3) is 10.9 Å². The monoisotopic (exact) mass is 331 g/mol. The van der Waals surface area contributed by atoms with Crippen LogP contribution < -0.4 is 5.56 Å². The van der Waals surface area contributed by atoms with Gasteiger partial charge in [0.25, 0.3) is 11.5 Å². The van der Waals surface area contributed by atoms with Gasteiger partial charge in [0.2, 0.25) is 0 Å². The summed E-state index contributed by atoms with van der Waals surface area (Å²) in [5.41, 5.74) is 0.933. The summed E-state index contributed by atoms with van der Waals surface area (Å²) in [5, 5.41) is 0.504. The highest BCUT2D eigenvalue weighted by atomic mass is 32.1. The van der Waals surface area contributed by atoms with Crippen molar-refractivity contribution in [2.75, 3.05) is 7.05 Å². The molecule has 0 spiro atoms. The number of aromatic amines is 2. The molecule has 1 fully saturated rings. The first-order valence-electron chi connectivity index (χ1n) is 7.99. The van der Waals surface area contributed by atoms with Crippen LogP contribution >= 0.6 is 12.2 Å². The Morgan fingerprint density at radius 3 is 2.61 bits per heavy atom. The second-order valence-electron chi connectivity index (χ2n) is 6.50. The molecule has 1 heterocycles. The number of H-pyrrole nitrogens is 2. The molecule has 6 heteroatoms. The number of rotatable bonds is 2. The maximum Gasteiger partial charge on any atom is 0.259 e. The number of fused-ring (bicyclic) bond motifs is 1. The van der Waals surface area contributed by atoms with Crippen LogP contribution in [0.4, 0.5) is 0 Å². The van der Waals surface area contributed by atoms with Crippen molar-refractivity contribution in [3.8, 4) is 0 Å². The minimum Gasteiger partial charge on any atom is -0.339 e. The molecule has 122 valence electrons. The Labute approximate surface area is 139 Å². The van der Waals surface area contributed by atoms with Crippen LogP contribution in [0.5, 0.6) is 0 Å². The summed E-state index contributed by atoms with van der Waals surface area (Å²) in [4.78, 5) is 31.9. The average Bonchev–Trinajstić information content (AvgIpc) is 2.53. The van der Waals surface area contributed by atoms with Crippen molar-refractivity contribution in [2.24, 2.45) is 5.92 Å². The predicted molar refractivity (Wildman–Crippen MR) is 93.3 cm³/mol. The van der Waals surface area contributed by atoms with E-state index < -0.39 is 0 Å². The molecule has 1 aromatic carbocycles. The van der Waals surface area contributed by atoms with Gasteiger partial charge < -0.3 is 9.88 Å². The molecule has 5 nitrogen and oxygen atoms in total. The summed E-state index contributed by atoms with van der Waals surface area (Å²) >= 11 is 4.99. The van der Waals surface area contributed by atoms with Gasteiger partial charge in [0.1, 0.15) is 0 Å². The number of nitrogens with one attached hydrogen (secondary N) is 2. The molecule has 23 heavy (non-hydrogen) atoms. The molecule has 0 radical (unpaired) electrons. The van der Waals surface area contributed by atoms with Crippen molar-refractivity contribution in [3.63, 3.8) is 0 Å². The number of aromatic nitrogens is 2. The van der Waals surface area contributed by atoms with Crippen molar-refractivity contribution >= 4 is 29.0 Å². The van der Waals surface area contributed by atoms with E-state index in [-0.39, 0.29) is 16.2 Å². The molecule has 1 aromatic heterocycles. The Hall–Kier alpha value is -1.95. The van der Waals surface area contributed by atoms with Gasteiger partial charge in [-0.05, 0) is 62.0 Å². The van der Waals surface area contributed by atoms with Gasteiger partial charge in [0, 0.05) is 18.7 Å². The van der Waals surface area contributed by atoms with Crippen molar-refractivity contribution in [1.29, 1.82) is 0 Å². The fourth-order valence-electron chi connectivity index (χ4n) is 3.30. The summed E-state index contributed by atoms with van der Waals surface area (Å²) < 4.78 is 0.265. The number of hydrogen-bond acceptors (Lipinski definition) is 3. The van der Waals surface area contributed by atoms with Crippen LogP contribution in [0, 0.1) is 10.7 Å². The number of carbonyl (C=O) groups excluding carboxylic acids is 1. The number of benzene rings is 1. The second-order valence-corrected chi connectivity index (χ2v) is 6.91. The molecule has 0 atom stereocenters. The average molecular weight is 331 g/mol. The van der Waals surface area contributed by atoms with E-state index in [1.807, 2.05) is 11.9 Å². The lowest BCUT2D eigenvalue weighted by Crippen LogP contribution is -2.39. The lowest BCUT2D eigenvalue weighted by atomic mass is 9.86. The molecular weight excluding hydrogens is 310 g/mol. The van der Waals surface area contributed by atoms with E-state index >= 15 is 0 Å². The third-order valence-electron chi connectivity index (χ3n) is 4.84. The SMILES string of the molecule is CC1CCC(N(C)C(=O)c2ccc3c(=O)[nH]c(=S)[nH]c3c2)CC1. The lowest BCUT2D eigenvalue weighted by molar-refractivity contribution is 0.0679. The maximum atomic E-state index is 12.7. The van der Waals surface area contributed by atoms with E-state index in [0.29, 0.717) is 22.5 Å². The van der Waals surface area contributed by atoms with Crippen LogP contribution in [0.2, 0.25) is 0 Å². The summed E-state index contributed by atoms with van der Waals surface area (Å²) in [7, 11) is 1.87. The zero-order valence-electron chi connectivity index (χ0n) is 13.4. The Morgan fingerprint density at radius 1 is 1.22 bits per heavy atom. The Bertz CT molecular complexity index is 847. The molecule has 2 aromatic rings. The molecular formula is C17H21N3O2S. The van der Waals surface area contributed by atoms with E-state index in [1.54, 1.807) is 18.2 Å². The molecule has 3 rings (SSSR count). The van der Waals surface area contributed by atoms with E-state index in [4.69, 9.17) is 12.2 Å². The zero-order valence-corrected chi connectivity index (χ0v) is 14.2. The highest BCUT2D eigenvalue weighted by Gasteiger charge is 2.25.